The van der Waals surface area contributed by atoms with Gasteiger partial charge < -0.3 is 4.74 Å². The van der Waals surface area contributed by atoms with Crippen LogP contribution in [0.5, 0.6) is 11.6 Å². The van der Waals surface area contributed by atoms with E-state index in [0.717, 1.165) is 0 Å². The number of hydrogen-bond acceptors (Lipinski definition) is 6. The van der Waals surface area contributed by atoms with Crippen molar-refractivity contribution in [1.82, 2.24) is 15.0 Å². The molecule has 0 bridgehead atoms. The van der Waals surface area contributed by atoms with Crippen LogP contribution in [0.3, 0.4) is 0 Å². The Bertz CT molecular complexity index is 1150. The minimum atomic E-state index is -0.549. The number of halogens is 1. The fraction of sp³-hybridized carbons (Fsp3) is 0. The van der Waals surface area contributed by atoms with Crippen LogP contribution < -0.4 is 4.74 Å². The monoisotopic (exact) mass is 378 g/mol. The summed E-state index contributed by atoms with van der Waals surface area (Å²) in [7, 11) is 0. The Labute approximate surface area is 158 Å². The van der Waals surface area contributed by atoms with Gasteiger partial charge in [-0.3, -0.25) is 15.1 Å². The van der Waals surface area contributed by atoms with Crippen molar-refractivity contribution >= 4 is 28.2 Å². The first-order valence-corrected chi connectivity index (χ1v) is 8.28. The number of benzene rings is 2. The molecule has 0 aliphatic heterocycles. The average Bonchev–Trinajstić information content (AvgIpc) is 2.69. The molecule has 8 heteroatoms. The summed E-state index contributed by atoms with van der Waals surface area (Å²) in [6, 6.07) is 15.1. The summed E-state index contributed by atoms with van der Waals surface area (Å²) >= 11 is 5.87. The predicted octanol–water partition coefficient (Wildman–Crippen LogP) is 5.05. The number of pyridine rings is 1. The Hall–Kier alpha value is -3.58. The van der Waals surface area contributed by atoms with Gasteiger partial charge in [-0.2, -0.15) is 4.98 Å². The van der Waals surface area contributed by atoms with E-state index in [2.05, 4.69) is 15.0 Å². The fourth-order valence-corrected chi connectivity index (χ4v) is 2.74. The molecule has 2 aromatic heterocycles. The highest BCUT2D eigenvalue weighted by atomic mass is 35.5. The van der Waals surface area contributed by atoms with Gasteiger partial charge in [0.2, 0.25) is 11.6 Å². The van der Waals surface area contributed by atoms with E-state index in [9.17, 15) is 10.1 Å². The molecule has 4 aromatic rings. The summed E-state index contributed by atoms with van der Waals surface area (Å²) in [5, 5.41) is 12.2. The van der Waals surface area contributed by atoms with Crippen molar-refractivity contribution in [2.24, 2.45) is 0 Å². The van der Waals surface area contributed by atoms with E-state index in [1.54, 1.807) is 24.5 Å². The molecule has 27 heavy (non-hydrogen) atoms. The van der Waals surface area contributed by atoms with Gasteiger partial charge in [0.1, 0.15) is 0 Å². The Balaban J connectivity index is 1.88. The van der Waals surface area contributed by atoms with Crippen LogP contribution in [0.4, 0.5) is 5.69 Å². The van der Waals surface area contributed by atoms with Gasteiger partial charge in [-0.15, -0.1) is 0 Å². The van der Waals surface area contributed by atoms with E-state index >= 15 is 0 Å². The summed E-state index contributed by atoms with van der Waals surface area (Å²) in [5.74, 6) is 0.670. The highest BCUT2D eigenvalue weighted by Gasteiger charge is 2.19. The van der Waals surface area contributed by atoms with Gasteiger partial charge in [0.25, 0.3) is 0 Å². The molecule has 0 saturated heterocycles. The molecule has 7 nitrogen and oxygen atoms in total. The molecule has 0 radical (unpaired) electrons. The van der Waals surface area contributed by atoms with E-state index in [1.807, 2.05) is 24.3 Å². The fourth-order valence-electron chi connectivity index (χ4n) is 2.57. The molecule has 0 fully saturated rings. The number of nitro benzene ring substituents is 1. The minimum Gasteiger partial charge on any atom is -0.431 e. The number of para-hydroxylation sites is 1. The molecule has 2 aromatic carbocycles. The standard InChI is InChI=1S/C19H11ClN4O3/c20-13-7-8-17(16(10-13)24(25)26)27-19-14-5-1-2-6-15(14)22-18(23-19)12-4-3-9-21-11-12/h1-11H. The van der Waals surface area contributed by atoms with E-state index < -0.39 is 4.92 Å². The molecular weight excluding hydrogens is 368 g/mol. The minimum absolute atomic E-state index is 0.0467. The van der Waals surface area contributed by atoms with Crippen LogP contribution in [-0.4, -0.2) is 19.9 Å². The Morgan fingerprint density at radius 1 is 1.04 bits per heavy atom. The van der Waals surface area contributed by atoms with Crippen molar-refractivity contribution in [1.29, 1.82) is 0 Å². The number of ether oxygens (including phenoxy) is 1. The summed E-state index contributed by atoms with van der Waals surface area (Å²) in [5.41, 5.74) is 1.12. The molecule has 0 atom stereocenters. The van der Waals surface area contributed by atoms with Gasteiger partial charge in [-0.25, -0.2) is 4.98 Å². The van der Waals surface area contributed by atoms with Crippen molar-refractivity contribution in [3.8, 4) is 23.0 Å². The summed E-state index contributed by atoms with van der Waals surface area (Å²) in [6.07, 6.45) is 3.29. The number of hydrogen-bond donors (Lipinski definition) is 0. The maximum absolute atomic E-state index is 11.3. The third-order valence-corrected chi connectivity index (χ3v) is 4.05. The van der Waals surface area contributed by atoms with Gasteiger partial charge in [-0.1, -0.05) is 23.7 Å². The highest BCUT2D eigenvalue weighted by molar-refractivity contribution is 6.30. The maximum atomic E-state index is 11.3. The topological polar surface area (TPSA) is 91.0 Å². The summed E-state index contributed by atoms with van der Waals surface area (Å²) < 4.78 is 5.83. The summed E-state index contributed by atoms with van der Waals surface area (Å²) in [4.78, 5) is 23.9. The van der Waals surface area contributed by atoms with Gasteiger partial charge >= 0.3 is 5.69 Å². The maximum Gasteiger partial charge on any atom is 0.313 e. The van der Waals surface area contributed by atoms with Crippen LogP contribution in [-0.2, 0) is 0 Å². The molecule has 0 unspecified atom stereocenters. The highest BCUT2D eigenvalue weighted by Crippen LogP contribution is 2.36. The normalized spacial score (nSPS) is 10.7. The molecule has 0 amide bonds. The zero-order chi connectivity index (χ0) is 18.8. The van der Waals surface area contributed by atoms with Crippen molar-refractivity contribution in [2.45, 2.75) is 0 Å². The molecule has 4 rings (SSSR count). The number of nitro groups is 1. The molecule has 0 aliphatic carbocycles. The Kier molecular flexibility index (Phi) is 4.35. The van der Waals surface area contributed by atoms with E-state index in [0.29, 0.717) is 22.3 Å². The number of aromatic nitrogens is 3. The first-order valence-electron chi connectivity index (χ1n) is 7.91. The largest absolute Gasteiger partial charge is 0.431 e. The Morgan fingerprint density at radius 3 is 2.67 bits per heavy atom. The third kappa shape index (κ3) is 3.40. The molecule has 132 valence electrons. The lowest BCUT2D eigenvalue weighted by molar-refractivity contribution is -0.385. The quantitative estimate of drug-likeness (QED) is 0.364. The third-order valence-electron chi connectivity index (χ3n) is 3.81. The second-order valence-corrected chi connectivity index (χ2v) is 6.02. The smallest absolute Gasteiger partial charge is 0.313 e. The lowest BCUT2D eigenvalue weighted by atomic mass is 10.2. The van der Waals surface area contributed by atoms with Crippen molar-refractivity contribution in [3.05, 3.63) is 82.1 Å². The van der Waals surface area contributed by atoms with Crippen LogP contribution in [0, 0.1) is 10.1 Å². The second kappa shape index (κ2) is 6.97. The zero-order valence-electron chi connectivity index (χ0n) is 13.7. The van der Waals surface area contributed by atoms with Crippen LogP contribution in [0.15, 0.2) is 67.0 Å². The molecule has 0 spiro atoms. The van der Waals surface area contributed by atoms with E-state index in [-0.39, 0.29) is 22.3 Å². The van der Waals surface area contributed by atoms with Crippen LogP contribution >= 0.6 is 11.6 Å². The molecule has 0 saturated carbocycles. The second-order valence-electron chi connectivity index (χ2n) is 5.58. The van der Waals surface area contributed by atoms with Crippen LogP contribution in [0.1, 0.15) is 0 Å². The molecule has 2 heterocycles. The number of nitrogens with zero attached hydrogens (tertiary/aromatic N) is 4. The number of rotatable bonds is 4. The van der Waals surface area contributed by atoms with E-state index in [1.165, 1.54) is 18.2 Å². The van der Waals surface area contributed by atoms with Crippen molar-refractivity contribution in [3.63, 3.8) is 0 Å². The summed E-state index contributed by atoms with van der Waals surface area (Å²) in [6.45, 7) is 0. The van der Waals surface area contributed by atoms with Crippen molar-refractivity contribution in [2.75, 3.05) is 0 Å². The van der Waals surface area contributed by atoms with Gasteiger partial charge in [0, 0.05) is 29.0 Å². The average molecular weight is 379 g/mol. The van der Waals surface area contributed by atoms with E-state index in [4.69, 9.17) is 16.3 Å². The first kappa shape index (κ1) is 16.9. The van der Waals surface area contributed by atoms with Crippen LogP contribution in [0.25, 0.3) is 22.3 Å². The molecular formula is C19H11ClN4O3. The van der Waals surface area contributed by atoms with Gasteiger partial charge in [0.05, 0.1) is 15.8 Å². The Morgan fingerprint density at radius 2 is 1.89 bits per heavy atom. The first-order chi connectivity index (χ1) is 13.1. The predicted molar refractivity (Wildman–Crippen MR) is 101 cm³/mol. The lowest BCUT2D eigenvalue weighted by Gasteiger charge is -2.10. The zero-order valence-corrected chi connectivity index (χ0v) is 14.5. The molecule has 0 aliphatic rings. The lowest BCUT2D eigenvalue weighted by Crippen LogP contribution is -1.98. The van der Waals surface area contributed by atoms with Gasteiger partial charge in [0.15, 0.2) is 5.82 Å². The van der Waals surface area contributed by atoms with Crippen molar-refractivity contribution < 1.29 is 9.66 Å². The van der Waals surface area contributed by atoms with Crippen LogP contribution in [0.2, 0.25) is 5.02 Å². The molecule has 0 N–H and O–H groups in total. The number of fused-ring (bicyclic) bond motifs is 1. The SMILES string of the molecule is O=[N+]([O-])c1cc(Cl)ccc1Oc1nc(-c2cccnc2)nc2ccccc12. The van der Waals surface area contributed by atoms with Gasteiger partial charge in [-0.05, 0) is 36.4 Å².